The summed E-state index contributed by atoms with van der Waals surface area (Å²) in [4.78, 5) is 0. The molecule has 0 bridgehead atoms. The lowest BCUT2D eigenvalue weighted by molar-refractivity contribution is 0.299. The van der Waals surface area contributed by atoms with Crippen LogP contribution in [-0.4, -0.2) is 19.7 Å². The zero-order valence-electron chi connectivity index (χ0n) is 9.29. The van der Waals surface area contributed by atoms with Gasteiger partial charge < -0.3 is 10.1 Å². The Morgan fingerprint density at radius 1 is 1.33 bits per heavy atom. The molecule has 0 heterocycles. The number of benzene rings is 1. The molecule has 84 valence electrons. The lowest BCUT2D eigenvalue weighted by atomic mass is 10.2. The van der Waals surface area contributed by atoms with E-state index >= 15 is 0 Å². The minimum Gasteiger partial charge on any atom is -0.494 e. The Morgan fingerprint density at radius 3 is 2.60 bits per heavy atom. The number of hydrogen-bond acceptors (Lipinski definition) is 2. The molecule has 0 radical (unpaired) electrons. The molecule has 0 aliphatic rings. The van der Waals surface area contributed by atoms with Gasteiger partial charge in [-0.3, -0.25) is 0 Å². The van der Waals surface area contributed by atoms with E-state index in [0.717, 1.165) is 29.7 Å². The van der Waals surface area contributed by atoms with Gasteiger partial charge in [0.25, 0.3) is 0 Å². The van der Waals surface area contributed by atoms with Crippen LogP contribution in [0.1, 0.15) is 19.8 Å². The summed E-state index contributed by atoms with van der Waals surface area (Å²) in [6.45, 7) is 2.97. The lowest BCUT2D eigenvalue weighted by Gasteiger charge is -2.10. The number of nitrogens with one attached hydrogen (secondary N) is 1. The van der Waals surface area contributed by atoms with Gasteiger partial charge in [-0.1, -0.05) is 15.9 Å². The van der Waals surface area contributed by atoms with E-state index in [1.54, 1.807) is 0 Å². The van der Waals surface area contributed by atoms with Crippen molar-refractivity contribution < 1.29 is 4.74 Å². The van der Waals surface area contributed by atoms with Crippen LogP contribution in [0.5, 0.6) is 5.75 Å². The summed E-state index contributed by atoms with van der Waals surface area (Å²) in [6.07, 6.45) is 2.23. The van der Waals surface area contributed by atoms with Crippen LogP contribution in [-0.2, 0) is 0 Å². The highest BCUT2D eigenvalue weighted by atomic mass is 79.9. The fourth-order valence-corrected chi connectivity index (χ4v) is 1.52. The zero-order chi connectivity index (χ0) is 11.1. The van der Waals surface area contributed by atoms with Gasteiger partial charge in [0.15, 0.2) is 0 Å². The third kappa shape index (κ3) is 5.19. The van der Waals surface area contributed by atoms with Crippen LogP contribution < -0.4 is 10.1 Å². The van der Waals surface area contributed by atoms with Gasteiger partial charge in [0.1, 0.15) is 5.75 Å². The molecule has 0 saturated heterocycles. The normalized spacial score (nSPS) is 12.5. The van der Waals surface area contributed by atoms with Gasteiger partial charge in [0, 0.05) is 10.5 Å². The van der Waals surface area contributed by atoms with Gasteiger partial charge in [0.2, 0.25) is 0 Å². The molecule has 1 unspecified atom stereocenters. The molecule has 1 atom stereocenters. The van der Waals surface area contributed by atoms with Crippen LogP contribution in [0.4, 0.5) is 0 Å². The first kappa shape index (κ1) is 12.5. The number of ether oxygens (including phenoxy) is 1. The first-order valence-corrected chi connectivity index (χ1v) is 6.07. The van der Waals surface area contributed by atoms with Crippen molar-refractivity contribution in [2.45, 2.75) is 25.8 Å². The second-order valence-electron chi connectivity index (χ2n) is 3.63. The SMILES string of the molecule is CNC(C)CCCOc1ccc(Br)cc1. The monoisotopic (exact) mass is 271 g/mol. The van der Waals surface area contributed by atoms with Crippen molar-refractivity contribution in [3.05, 3.63) is 28.7 Å². The summed E-state index contributed by atoms with van der Waals surface area (Å²) < 4.78 is 6.69. The Hall–Kier alpha value is -0.540. The van der Waals surface area contributed by atoms with E-state index in [1.807, 2.05) is 31.3 Å². The van der Waals surface area contributed by atoms with Crippen molar-refractivity contribution in [1.29, 1.82) is 0 Å². The van der Waals surface area contributed by atoms with Crippen molar-refractivity contribution in [2.75, 3.05) is 13.7 Å². The molecular weight excluding hydrogens is 254 g/mol. The highest BCUT2D eigenvalue weighted by Gasteiger charge is 1.98. The zero-order valence-corrected chi connectivity index (χ0v) is 10.9. The molecule has 0 amide bonds. The predicted octanol–water partition coefficient (Wildman–Crippen LogP) is 3.22. The Bertz CT molecular complexity index is 273. The molecule has 0 aliphatic carbocycles. The van der Waals surface area contributed by atoms with Gasteiger partial charge in [-0.25, -0.2) is 0 Å². The molecule has 2 nitrogen and oxygen atoms in total. The maximum Gasteiger partial charge on any atom is 0.119 e. The molecule has 3 heteroatoms. The summed E-state index contributed by atoms with van der Waals surface area (Å²) in [7, 11) is 1.99. The van der Waals surface area contributed by atoms with Crippen LogP contribution in [0, 0.1) is 0 Å². The standard InChI is InChI=1S/C12H18BrNO/c1-10(14-2)4-3-9-15-12-7-5-11(13)6-8-12/h5-8,10,14H,3-4,9H2,1-2H3. The third-order valence-corrected chi connectivity index (χ3v) is 2.89. The number of halogens is 1. The Balaban J connectivity index is 2.17. The molecule has 1 N–H and O–H groups in total. The van der Waals surface area contributed by atoms with E-state index in [-0.39, 0.29) is 0 Å². The largest absolute Gasteiger partial charge is 0.494 e. The van der Waals surface area contributed by atoms with Crippen LogP contribution in [0.15, 0.2) is 28.7 Å². The van der Waals surface area contributed by atoms with E-state index in [1.165, 1.54) is 0 Å². The number of rotatable bonds is 6. The van der Waals surface area contributed by atoms with Gasteiger partial charge in [0.05, 0.1) is 6.61 Å². The van der Waals surface area contributed by atoms with Gasteiger partial charge in [-0.2, -0.15) is 0 Å². The van der Waals surface area contributed by atoms with Crippen LogP contribution >= 0.6 is 15.9 Å². The van der Waals surface area contributed by atoms with E-state index in [2.05, 4.69) is 28.2 Å². The maximum absolute atomic E-state index is 5.61. The molecule has 0 aliphatic heterocycles. The lowest BCUT2D eigenvalue weighted by Crippen LogP contribution is -2.21. The van der Waals surface area contributed by atoms with Crippen LogP contribution in [0.25, 0.3) is 0 Å². The Kier molecular flexibility index (Phi) is 5.73. The first-order chi connectivity index (χ1) is 7.22. The highest BCUT2D eigenvalue weighted by Crippen LogP contribution is 2.16. The third-order valence-electron chi connectivity index (χ3n) is 2.36. The average molecular weight is 272 g/mol. The van der Waals surface area contributed by atoms with E-state index in [4.69, 9.17) is 4.74 Å². The maximum atomic E-state index is 5.61. The second-order valence-corrected chi connectivity index (χ2v) is 4.55. The molecular formula is C12H18BrNO. The summed E-state index contributed by atoms with van der Waals surface area (Å²) >= 11 is 3.39. The summed E-state index contributed by atoms with van der Waals surface area (Å²) in [6, 6.07) is 8.51. The quantitative estimate of drug-likeness (QED) is 0.803. The van der Waals surface area contributed by atoms with Crippen molar-refractivity contribution in [3.63, 3.8) is 0 Å². The van der Waals surface area contributed by atoms with Crippen LogP contribution in [0.3, 0.4) is 0 Å². The Morgan fingerprint density at radius 2 is 2.00 bits per heavy atom. The second kappa shape index (κ2) is 6.85. The number of hydrogen-bond donors (Lipinski definition) is 1. The molecule has 0 saturated carbocycles. The molecule has 1 aromatic carbocycles. The fraction of sp³-hybridized carbons (Fsp3) is 0.500. The minimum absolute atomic E-state index is 0.568. The smallest absolute Gasteiger partial charge is 0.119 e. The van der Waals surface area contributed by atoms with E-state index in [0.29, 0.717) is 6.04 Å². The molecule has 0 fully saturated rings. The molecule has 0 spiro atoms. The van der Waals surface area contributed by atoms with Crippen molar-refractivity contribution in [1.82, 2.24) is 5.32 Å². The molecule has 1 aromatic rings. The predicted molar refractivity (Wildman–Crippen MR) is 67.4 cm³/mol. The van der Waals surface area contributed by atoms with Crippen LogP contribution in [0.2, 0.25) is 0 Å². The molecule has 0 aromatic heterocycles. The molecule has 15 heavy (non-hydrogen) atoms. The van der Waals surface area contributed by atoms with Gasteiger partial charge in [-0.15, -0.1) is 0 Å². The minimum atomic E-state index is 0.568. The van der Waals surface area contributed by atoms with Gasteiger partial charge in [-0.05, 0) is 51.1 Å². The summed E-state index contributed by atoms with van der Waals surface area (Å²) in [5.74, 6) is 0.940. The summed E-state index contributed by atoms with van der Waals surface area (Å²) in [5.41, 5.74) is 0. The Labute approximate surface area is 100 Å². The van der Waals surface area contributed by atoms with Crippen molar-refractivity contribution in [3.8, 4) is 5.75 Å². The fourth-order valence-electron chi connectivity index (χ4n) is 1.25. The van der Waals surface area contributed by atoms with E-state index in [9.17, 15) is 0 Å². The first-order valence-electron chi connectivity index (χ1n) is 5.28. The van der Waals surface area contributed by atoms with Gasteiger partial charge >= 0.3 is 0 Å². The average Bonchev–Trinajstić information content (AvgIpc) is 2.26. The summed E-state index contributed by atoms with van der Waals surface area (Å²) in [5, 5.41) is 3.21. The molecule has 1 rings (SSSR count). The van der Waals surface area contributed by atoms with Crippen molar-refractivity contribution in [2.24, 2.45) is 0 Å². The van der Waals surface area contributed by atoms with E-state index < -0.39 is 0 Å². The van der Waals surface area contributed by atoms with Crippen molar-refractivity contribution >= 4 is 15.9 Å². The highest BCUT2D eigenvalue weighted by molar-refractivity contribution is 9.10. The topological polar surface area (TPSA) is 21.3 Å².